The molecule has 2 aliphatic rings. The molecule has 0 spiro atoms. The van der Waals surface area contributed by atoms with E-state index in [2.05, 4.69) is 22.0 Å². The van der Waals surface area contributed by atoms with Crippen LogP contribution in [0.1, 0.15) is 52.1 Å². The van der Waals surface area contributed by atoms with Crippen molar-refractivity contribution >= 4 is 29.8 Å². The Hall–Kier alpha value is -2.54. The highest BCUT2D eigenvalue weighted by Crippen LogP contribution is 2.32. The van der Waals surface area contributed by atoms with Crippen LogP contribution < -0.4 is 10.2 Å². The molecule has 1 aromatic heterocycles. The van der Waals surface area contributed by atoms with Crippen LogP contribution in [0.3, 0.4) is 0 Å². The summed E-state index contributed by atoms with van der Waals surface area (Å²) in [4.78, 5) is 27.4. The van der Waals surface area contributed by atoms with Gasteiger partial charge in [-0.3, -0.25) is 14.7 Å². The van der Waals surface area contributed by atoms with Gasteiger partial charge in [0.15, 0.2) is 11.6 Å². The number of aromatic nitrogens is 2. The number of fused-ring (bicyclic) bond motifs is 1. The van der Waals surface area contributed by atoms with Gasteiger partial charge in [0.25, 0.3) is 0 Å². The summed E-state index contributed by atoms with van der Waals surface area (Å²) < 4.78 is 0. The number of aliphatic hydroxyl groups is 1. The van der Waals surface area contributed by atoms with Crippen LogP contribution in [-0.4, -0.2) is 46.4 Å². The van der Waals surface area contributed by atoms with Gasteiger partial charge in [0.2, 0.25) is 5.91 Å². The molecular formula is C21H29N5O2. The molecule has 7 heteroatoms. The van der Waals surface area contributed by atoms with Crippen molar-refractivity contribution in [3.63, 3.8) is 0 Å². The van der Waals surface area contributed by atoms with E-state index in [0.29, 0.717) is 35.5 Å². The van der Waals surface area contributed by atoms with Gasteiger partial charge in [0.1, 0.15) is 5.60 Å². The van der Waals surface area contributed by atoms with Gasteiger partial charge >= 0.3 is 0 Å². The Kier molecular flexibility index (Phi) is 5.93. The average Bonchev–Trinajstić information content (AvgIpc) is 3.16. The Morgan fingerprint density at radius 2 is 2.14 bits per heavy atom. The zero-order valence-electron chi connectivity index (χ0n) is 16.9. The van der Waals surface area contributed by atoms with Crippen molar-refractivity contribution in [2.75, 3.05) is 23.3 Å². The lowest BCUT2D eigenvalue weighted by Gasteiger charge is -2.30. The van der Waals surface area contributed by atoms with E-state index in [-0.39, 0.29) is 12.5 Å². The first kappa shape index (κ1) is 20.2. The van der Waals surface area contributed by atoms with Crippen LogP contribution >= 0.6 is 0 Å². The molecule has 1 saturated carbocycles. The number of carbonyl (C=O) groups is 1. The van der Waals surface area contributed by atoms with E-state index < -0.39 is 5.60 Å². The van der Waals surface area contributed by atoms with Crippen LogP contribution in [0.2, 0.25) is 0 Å². The predicted octanol–water partition coefficient (Wildman–Crippen LogP) is 3.18. The zero-order valence-corrected chi connectivity index (χ0v) is 16.9. The summed E-state index contributed by atoms with van der Waals surface area (Å²) in [6, 6.07) is 0. The first-order chi connectivity index (χ1) is 13.3. The molecule has 1 aliphatic heterocycles. The molecule has 7 nitrogen and oxygen atoms in total. The van der Waals surface area contributed by atoms with Crippen molar-refractivity contribution in [3.8, 4) is 0 Å². The number of hydrogen-bond donors (Lipinski definition) is 2. The fraction of sp³-hybridized carbons (Fsp3) is 0.524. The Labute approximate surface area is 166 Å². The van der Waals surface area contributed by atoms with E-state index in [9.17, 15) is 9.90 Å². The third-order valence-electron chi connectivity index (χ3n) is 5.33. The third kappa shape index (κ3) is 4.47. The molecule has 3 rings (SSSR count). The molecule has 0 atom stereocenters. The normalized spacial score (nSPS) is 18.9. The highest BCUT2D eigenvalue weighted by Gasteiger charge is 2.30. The topological polar surface area (TPSA) is 90.7 Å². The van der Waals surface area contributed by atoms with E-state index in [1.165, 1.54) is 12.8 Å². The molecule has 0 radical (unpaired) electrons. The van der Waals surface area contributed by atoms with Crippen molar-refractivity contribution in [3.05, 3.63) is 29.7 Å². The van der Waals surface area contributed by atoms with Crippen LogP contribution in [0, 0.1) is 5.92 Å². The second kappa shape index (κ2) is 8.22. The van der Waals surface area contributed by atoms with E-state index >= 15 is 0 Å². The molecule has 1 fully saturated rings. The lowest BCUT2D eigenvalue weighted by molar-refractivity contribution is -0.117. The molecule has 0 saturated heterocycles. The Balaban J connectivity index is 1.89. The number of carbonyl (C=O) groups excluding carboxylic acids is 1. The first-order valence-corrected chi connectivity index (χ1v) is 9.79. The maximum atomic E-state index is 12.5. The smallest absolute Gasteiger partial charge is 0.247 e. The maximum absolute atomic E-state index is 12.5. The summed E-state index contributed by atoms with van der Waals surface area (Å²) in [5.41, 5.74) is 0.938. The molecule has 2 heterocycles. The highest BCUT2D eigenvalue weighted by atomic mass is 16.3. The second-order valence-electron chi connectivity index (χ2n) is 8.05. The summed E-state index contributed by atoms with van der Waals surface area (Å²) in [5.74, 6) is 1.82. The number of nitrogens with zero attached hydrogens (tertiary/aromatic N) is 4. The maximum Gasteiger partial charge on any atom is 0.247 e. The van der Waals surface area contributed by atoms with Crippen LogP contribution in [0.4, 0.5) is 11.6 Å². The van der Waals surface area contributed by atoms with E-state index in [4.69, 9.17) is 4.98 Å². The quantitative estimate of drug-likeness (QED) is 0.582. The van der Waals surface area contributed by atoms with Crippen LogP contribution in [0.25, 0.3) is 5.57 Å². The zero-order chi connectivity index (χ0) is 20.3. The molecule has 1 aliphatic carbocycles. The summed E-state index contributed by atoms with van der Waals surface area (Å²) in [6.07, 6.45) is 10.0. The van der Waals surface area contributed by atoms with Crippen LogP contribution in [-0.2, 0) is 4.79 Å². The minimum absolute atomic E-state index is 0.0348. The van der Waals surface area contributed by atoms with E-state index in [1.54, 1.807) is 31.0 Å². The Morgan fingerprint density at radius 1 is 1.43 bits per heavy atom. The predicted molar refractivity (Wildman–Crippen MR) is 112 cm³/mol. The van der Waals surface area contributed by atoms with Gasteiger partial charge < -0.3 is 10.4 Å². The lowest BCUT2D eigenvalue weighted by Crippen LogP contribution is -2.43. The molecular weight excluding hydrogens is 354 g/mol. The second-order valence-corrected chi connectivity index (χ2v) is 8.05. The van der Waals surface area contributed by atoms with Crippen molar-refractivity contribution in [1.82, 2.24) is 9.97 Å². The van der Waals surface area contributed by atoms with Gasteiger partial charge in [-0.25, -0.2) is 9.97 Å². The molecule has 2 N–H and O–H groups in total. The van der Waals surface area contributed by atoms with Crippen molar-refractivity contribution in [2.24, 2.45) is 10.9 Å². The molecule has 0 aromatic carbocycles. The number of aliphatic imine (C=N–C) groups is 1. The van der Waals surface area contributed by atoms with Gasteiger partial charge in [-0.1, -0.05) is 18.9 Å². The molecule has 1 aromatic rings. The number of nitrogens with one attached hydrogen (secondary N) is 1. The molecule has 0 bridgehead atoms. The highest BCUT2D eigenvalue weighted by molar-refractivity contribution is 6.00. The number of rotatable bonds is 6. The van der Waals surface area contributed by atoms with Gasteiger partial charge in [-0.05, 0) is 57.9 Å². The Morgan fingerprint density at radius 3 is 2.79 bits per heavy atom. The van der Waals surface area contributed by atoms with Gasteiger partial charge in [-0.15, -0.1) is 0 Å². The van der Waals surface area contributed by atoms with Crippen LogP contribution in [0.15, 0.2) is 29.0 Å². The van der Waals surface area contributed by atoms with E-state index in [1.807, 2.05) is 13.0 Å². The molecule has 28 heavy (non-hydrogen) atoms. The van der Waals surface area contributed by atoms with Crippen LogP contribution in [0.5, 0.6) is 0 Å². The summed E-state index contributed by atoms with van der Waals surface area (Å²) >= 11 is 0. The molecule has 1 amide bonds. The number of allylic oxidation sites excluding steroid dienone is 3. The van der Waals surface area contributed by atoms with Gasteiger partial charge in [-0.2, -0.15) is 0 Å². The fourth-order valence-electron chi connectivity index (χ4n) is 3.63. The van der Waals surface area contributed by atoms with Crippen molar-refractivity contribution in [2.45, 2.75) is 52.1 Å². The lowest BCUT2D eigenvalue weighted by atomic mass is 10.0. The first-order valence-electron chi connectivity index (χ1n) is 9.79. The van der Waals surface area contributed by atoms with E-state index in [0.717, 1.165) is 18.4 Å². The van der Waals surface area contributed by atoms with Gasteiger partial charge in [0, 0.05) is 6.54 Å². The summed E-state index contributed by atoms with van der Waals surface area (Å²) in [5, 5.41) is 13.2. The minimum Gasteiger partial charge on any atom is -0.384 e. The SMILES string of the molecule is C=N/C(=C\C=C(/C)c1cnc2c(n1)N(CC1CCCC1)C(=O)CN2)C(C)(C)O. The molecule has 0 unspecified atom stereocenters. The number of amides is 1. The summed E-state index contributed by atoms with van der Waals surface area (Å²) in [6.45, 7) is 9.71. The number of anilines is 2. The van der Waals surface area contributed by atoms with Gasteiger partial charge in [0.05, 0.1) is 24.1 Å². The van der Waals surface area contributed by atoms with Crippen molar-refractivity contribution in [1.29, 1.82) is 0 Å². The Bertz CT molecular complexity index is 817. The standard InChI is InChI=1S/C21H29N5O2/c1-14(9-10-17(22-4)21(2,3)28)16-11-23-19-20(25-16)26(18(27)12-24-19)13-15-7-5-6-8-15/h9-11,15,28H,4-8,12-13H2,1-3H3,(H,23,24)/b14-9+,17-10-. The largest absolute Gasteiger partial charge is 0.384 e. The number of hydrogen-bond acceptors (Lipinski definition) is 6. The minimum atomic E-state index is -1.07. The average molecular weight is 383 g/mol. The third-order valence-corrected chi connectivity index (χ3v) is 5.33. The fourth-order valence-corrected chi connectivity index (χ4v) is 3.63. The summed E-state index contributed by atoms with van der Waals surface area (Å²) in [7, 11) is 0. The monoisotopic (exact) mass is 383 g/mol. The molecule has 150 valence electrons. The van der Waals surface area contributed by atoms with Crippen molar-refractivity contribution < 1.29 is 9.90 Å².